The summed E-state index contributed by atoms with van der Waals surface area (Å²) < 4.78 is 0. The first kappa shape index (κ1) is 9.36. The van der Waals surface area contributed by atoms with Crippen LogP contribution in [-0.4, -0.2) is 31.1 Å². The average Bonchev–Trinajstić information content (AvgIpc) is 2.01. The number of rotatable bonds is 0. The van der Waals surface area contributed by atoms with Crippen LogP contribution in [0.25, 0.3) is 0 Å². The summed E-state index contributed by atoms with van der Waals surface area (Å²) in [6, 6.07) is 0.0581. The number of hydrogen-bond donors (Lipinski definition) is 1. The third-order valence-corrected chi connectivity index (χ3v) is 2.40. The molecule has 1 fully saturated rings. The standard InChI is InChI=1S/C9H18N2O/c1-9(2)5-4-6-11(7-9)8(12)10-3/h4-7H2,1-3H3,(H,10,12). The SMILES string of the molecule is CNC(=O)N1CCCC(C)(C)C1. The minimum atomic E-state index is 0.0581. The Hall–Kier alpha value is -0.730. The van der Waals surface area contributed by atoms with Gasteiger partial charge in [0.25, 0.3) is 0 Å². The molecule has 12 heavy (non-hydrogen) atoms. The summed E-state index contributed by atoms with van der Waals surface area (Å²) in [6.07, 6.45) is 2.35. The molecule has 0 saturated carbocycles. The predicted octanol–water partition coefficient (Wildman–Crippen LogP) is 1.45. The van der Waals surface area contributed by atoms with Gasteiger partial charge in [-0.15, -0.1) is 0 Å². The summed E-state index contributed by atoms with van der Waals surface area (Å²) in [5.74, 6) is 0. The zero-order valence-corrected chi connectivity index (χ0v) is 8.18. The highest BCUT2D eigenvalue weighted by Crippen LogP contribution is 2.28. The fourth-order valence-electron chi connectivity index (χ4n) is 1.75. The third-order valence-electron chi connectivity index (χ3n) is 2.40. The second kappa shape index (κ2) is 3.33. The maximum Gasteiger partial charge on any atom is 0.317 e. The molecule has 3 heteroatoms. The number of hydrogen-bond acceptors (Lipinski definition) is 1. The molecule has 70 valence electrons. The maximum absolute atomic E-state index is 11.3. The number of likely N-dealkylation sites (tertiary alicyclic amines) is 1. The lowest BCUT2D eigenvalue weighted by Gasteiger charge is -2.37. The van der Waals surface area contributed by atoms with E-state index in [1.54, 1.807) is 7.05 Å². The number of carbonyl (C=O) groups is 1. The second-order valence-corrected chi connectivity index (χ2v) is 4.24. The van der Waals surface area contributed by atoms with E-state index < -0.39 is 0 Å². The Morgan fingerprint density at radius 2 is 2.17 bits per heavy atom. The van der Waals surface area contributed by atoms with Gasteiger partial charge in [0.15, 0.2) is 0 Å². The van der Waals surface area contributed by atoms with E-state index in [2.05, 4.69) is 19.2 Å². The summed E-state index contributed by atoms with van der Waals surface area (Å²) in [5, 5.41) is 2.66. The molecule has 0 unspecified atom stereocenters. The van der Waals surface area contributed by atoms with Gasteiger partial charge in [-0.3, -0.25) is 0 Å². The van der Waals surface area contributed by atoms with Crippen LogP contribution in [0.1, 0.15) is 26.7 Å². The quantitative estimate of drug-likeness (QED) is 0.586. The van der Waals surface area contributed by atoms with Crippen LogP contribution in [0.15, 0.2) is 0 Å². The molecule has 1 heterocycles. The van der Waals surface area contributed by atoms with E-state index in [1.165, 1.54) is 6.42 Å². The predicted molar refractivity (Wildman–Crippen MR) is 49.0 cm³/mol. The Morgan fingerprint density at radius 3 is 2.67 bits per heavy atom. The Morgan fingerprint density at radius 1 is 1.50 bits per heavy atom. The largest absolute Gasteiger partial charge is 0.341 e. The number of piperidine rings is 1. The molecule has 0 aromatic carbocycles. The highest BCUT2D eigenvalue weighted by molar-refractivity contribution is 5.73. The highest BCUT2D eigenvalue weighted by Gasteiger charge is 2.28. The smallest absolute Gasteiger partial charge is 0.317 e. The average molecular weight is 170 g/mol. The Bertz CT molecular complexity index is 177. The molecule has 0 aromatic rings. The van der Waals surface area contributed by atoms with Crippen molar-refractivity contribution in [1.29, 1.82) is 0 Å². The number of amides is 2. The minimum absolute atomic E-state index is 0.0581. The van der Waals surface area contributed by atoms with Gasteiger partial charge in [0.1, 0.15) is 0 Å². The monoisotopic (exact) mass is 170 g/mol. The van der Waals surface area contributed by atoms with Crippen molar-refractivity contribution in [2.24, 2.45) is 5.41 Å². The fourth-order valence-corrected chi connectivity index (χ4v) is 1.75. The molecule has 0 atom stereocenters. The van der Waals surface area contributed by atoms with Gasteiger partial charge >= 0.3 is 6.03 Å². The van der Waals surface area contributed by atoms with Crippen LogP contribution in [-0.2, 0) is 0 Å². The van der Waals surface area contributed by atoms with Crippen LogP contribution < -0.4 is 5.32 Å². The van der Waals surface area contributed by atoms with Crippen molar-refractivity contribution in [1.82, 2.24) is 10.2 Å². The minimum Gasteiger partial charge on any atom is -0.341 e. The van der Waals surface area contributed by atoms with Crippen molar-refractivity contribution >= 4 is 6.03 Å². The van der Waals surface area contributed by atoms with Gasteiger partial charge in [-0.1, -0.05) is 13.8 Å². The number of nitrogens with one attached hydrogen (secondary N) is 1. The summed E-state index contributed by atoms with van der Waals surface area (Å²) in [5.41, 5.74) is 0.296. The first-order valence-corrected chi connectivity index (χ1v) is 4.52. The Balaban J connectivity index is 2.52. The van der Waals surface area contributed by atoms with Crippen LogP contribution >= 0.6 is 0 Å². The first-order valence-electron chi connectivity index (χ1n) is 4.52. The molecule has 0 bridgehead atoms. The molecule has 1 N–H and O–H groups in total. The normalized spacial score (nSPS) is 22.1. The number of nitrogens with zero attached hydrogens (tertiary/aromatic N) is 1. The van der Waals surface area contributed by atoms with E-state index in [4.69, 9.17) is 0 Å². The van der Waals surface area contributed by atoms with E-state index >= 15 is 0 Å². The van der Waals surface area contributed by atoms with Crippen LogP contribution in [0, 0.1) is 5.41 Å². The third kappa shape index (κ3) is 2.13. The van der Waals surface area contributed by atoms with Gasteiger partial charge in [-0.2, -0.15) is 0 Å². The Kier molecular flexibility index (Phi) is 2.60. The van der Waals surface area contributed by atoms with Gasteiger partial charge in [0.05, 0.1) is 0 Å². The Labute approximate surface area is 74.1 Å². The molecule has 3 nitrogen and oxygen atoms in total. The van der Waals surface area contributed by atoms with Crippen molar-refractivity contribution in [3.8, 4) is 0 Å². The zero-order chi connectivity index (χ0) is 9.19. The fraction of sp³-hybridized carbons (Fsp3) is 0.889. The lowest BCUT2D eigenvalue weighted by Crippen LogP contribution is -2.47. The van der Waals surface area contributed by atoms with Gasteiger partial charge < -0.3 is 10.2 Å². The molecule has 1 saturated heterocycles. The second-order valence-electron chi connectivity index (χ2n) is 4.24. The number of carbonyl (C=O) groups excluding carboxylic acids is 1. The summed E-state index contributed by atoms with van der Waals surface area (Å²) in [6.45, 7) is 6.21. The molecular formula is C9H18N2O. The van der Waals surface area contributed by atoms with E-state index in [0.717, 1.165) is 19.5 Å². The van der Waals surface area contributed by atoms with Gasteiger partial charge in [-0.05, 0) is 18.3 Å². The molecule has 0 spiro atoms. The lowest BCUT2D eigenvalue weighted by atomic mass is 9.84. The topological polar surface area (TPSA) is 32.3 Å². The van der Waals surface area contributed by atoms with Gasteiger partial charge in [0, 0.05) is 20.1 Å². The molecule has 0 radical (unpaired) electrons. The van der Waals surface area contributed by atoms with Gasteiger partial charge in [0.2, 0.25) is 0 Å². The summed E-state index contributed by atoms with van der Waals surface area (Å²) in [7, 11) is 1.68. The van der Waals surface area contributed by atoms with Crippen LogP contribution in [0.4, 0.5) is 4.79 Å². The van der Waals surface area contributed by atoms with E-state index in [-0.39, 0.29) is 6.03 Å². The molecule has 0 aromatic heterocycles. The van der Waals surface area contributed by atoms with Crippen LogP contribution in [0.3, 0.4) is 0 Å². The van der Waals surface area contributed by atoms with E-state index in [0.29, 0.717) is 5.41 Å². The highest BCUT2D eigenvalue weighted by atomic mass is 16.2. The molecule has 1 aliphatic rings. The van der Waals surface area contributed by atoms with Crippen LogP contribution in [0.5, 0.6) is 0 Å². The molecule has 2 amide bonds. The molecule has 1 aliphatic heterocycles. The first-order chi connectivity index (χ1) is 5.55. The summed E-state index contributed by atoms with van der Waals surface area (Å²) >= 11 is 0. The zero-order valence-electron chi connectivity index (χ0n) is 8.18. The molecular weight excluding hydrogens is 152 g/mol. The van der Waals surface area contributed by atoms with Crippen molar-refractivity contribution in [2.75, 3.05) is 20.1 Å². The summed E-state index contributed by atoms with van der Waals surface area (Å²) in [4.78, 5) is 13.2. The maximum atomic E-state index is 11.3. The van der Waals surface area contributed by atoms with Crippen molar-refractivity contribution < 1.29 is 4.79 Å². The van der Waals surface area contributed by atoms with Gasteiger partial charge in [-0.25, -0.2) is 4.79 Å². The van der Waals surface area contributed by atoms with Crippen molar-refractivity contribution in [3.05, 3.63) is 0 Å². The van der Waals surface area contributed by atoms with Crippen LogP contribution in [0.2, 0.25) is 0 Å². The molecule has 1 rings (SSSR count). The lowest BCUT2D eigenvalue weighted by molar-refractivity contribution is 0.131. The molecule has 0 aliphatic carbocycles. The van der Waals surface area contributed by atoms with Crippen molar-refractivity contribution in [2.45, 2.75) is 26.7 Å². The van der Waals surface area contributed by atoms with E-state index in [1.807, 2.05) is 4.90 Å². The van der Waals surface area contributed by atoms with E-state index in [9.17, 15) is 4.79 Å². The van der Waals surface area contributed by atoms with Crippen molar-refractivity contribution in [3.63, 3.8) is 0 Å². The number of urea groups is 1.